The van der Waals surface area contributed by atoms with Gasteiger partial charge in [0.15, 0.2) is 5.78 Å². The summed E-state index contributed by atoms with van der Waals surface area (Å²) in [6.07, 6.45) is 1.73. The van der Waals surface area contributed by atoms with E-state index in [1.807, 2.05) is 70.2 Å². The minimum atomic E-state index is -0.278. The van der Waals surface area contributed by atoms with Crippen LogP contribution in [0.2, 0.25) is 0 Å². The second kappa shape index (κ2) is 8.06. The van der Waals surface area contributed by atoms with E-state index in [0.29, 0.717) is 5.56 Å². The smallest absolute Gasteiger partial charge is 0.230 e. The quantitative estimate of drug-likeness (QED) is 0.740. The first-order chi connectivity index (χ1) is 11.8. The van der Waals surface area contributed by atoms with E-state index in [0.717, 1.165) is 11.3 Å². The molecule has 0 unspecified atom stereocenters. The van der Waals surface area contributed by atoms with E-state index in [-0.39, 0.29) is 29.6 Å². The Morgan fingerprint density at radius 1 is 0.960 bits per heavy atom. The number of ketones is 1. The van der Waals surface area contributed by atoms with Gasteiger partial charge in [0.2, 0.25) is 5.91 Å². The number of hydrogen-bond donors (Lipinski definition) is 0. The van der Waals surface area contributed by atoms with E-state index in [4.69, 9.17) is 0 Å². The third kappa shape index (κ3) is 4.32. The summed E-state index contributed by atoms with van der Waals surface area (Å²) in [4.78, 5) is 30.9. The average Bonchev–Trinajstić information content (AvgIpc) is 2.65. The Morgan fingerprint density at radius 3 is 2.12 bits per heavy atom. The average molecular weight is 338 g/mol. The van der Waals surface area contributed by atoms with Crippen LogP contribution in [0, 0.1) is 5.92 Å². The van der Waals surface area contributed by atoms with Crippen LogP contribution in [-0.4, -0.2) is 28.6 Å². The van der Waals surface area contributed by atoms with Gasteiger partial charge in [0.05, 0.1) is 17.7 Å². The number of pyridine rings is 1. The van der Waals surface area contributed by atoms with Gasteiger partial charge in [-0.2, -0.15) is 0 Å². The van der Waals surface area contributed by atoms with E-state index in [2.05, 4.69) is 4.98 Å². The van der Waals surface area contributed by atoms with Crippen molar-refractivity contribution in [1.82, 2.24) is 9.88 Å². The van der Waals surface area contributed by atoms with E-state index < -0.39 is 0 Å². The van der Waals surface area contributed by atoms with Crippen molar-refractivity contribution in [2.45, 2.75) is 39.7 Å². The van der Waals surface area contributed by atoms with Gasteiger partial charge < -0.3 is 4.90 Å². The number of amides is 1. The molecule has 0 saturated carbocycles. The van der Waals surface area contributed by atoms with Gasteiger partial charge >= 0.3 is 0 Å². The zero-order chi connectivity index (χ0) is 18.6. The molecule has 0 aliphatic heterocycles. The molecule has 0 bridgehead atoms. The van der Waals surface area contributed by atoms with Crippen LogP contribution in [0.1, 0.15) is 61.3 Å². The maximum atomic E-state index is 12.8. The molecule has 1 amide bonds. The Labute approximate surface area is 149 Å². The minimum Gasteiger partial charge on any atom is -0.337 e. The van der Waals surface area contributed by atoms with Crippen LogP contribution in [0.4, 0.5) is 0 Å². The highest BCUT2D eigenvalue weighted by Crippen LogP contribution is 2.24. The Kier molecular flexibility index (Phi) is 6.07. The predicted octanol–water partition coefficient (Wildman–Crippen LogP) is 4.24. The maximum Gasteiger partial charge on any atom is 0.230 e. The number of carbonyl (C=O) groups excluding carboxylic acids is 2. The third-order valence-electron chi connectivity index (χ3n) is 4.63. The van der Waals surface area contributed by atoms with Crippen molar-refractivity contribution in [1.29, 1.82) is 0 Å². The molecule has 1 aromatic heterocycles. The third-order valence-corrected chi connectivity index (χ3v) is 4.63. The van der Waals surface area contributed by atoms with E-state index in [9.17, 15) is 9.59 Å². The maximum absolute atomic E-state index is 12.8. The van der Waals surface area contributed by atoms with Gasteiger partial charge in [0, 0.05) is 24.7 Å². The number of likely N-dealkylation sites (N-methyl/N-ethyl adjacent to an activating group) is 1. The molecule has 0 radical (unpaired) electrons. The summed E-state index contributed by atoms with van der Waals surface area (Å²) in [6, 6.07) is 13.0. The van der Waals surface area contributed by atoms with Crippen molar-refractivity contribution < 1.29 is 9.59 Å². The largest absolute Gasteiger partial charge is 0.337 e. The molecule has 4 heteroatoms. The number of benzene rings is 1. The first-order valence-corrected chi connectivity index (χ1v) is 8.64. The Bertz CT molecular complexity index is 723. The molecule has 0 aliphatic rings. The topological polar surface area (TPSA) is 50.3 Å². The van der Waals surface area contributed by atoms with Crippen molar-refractivity contribution in [3.05, 3.63) is 65.5 Å². The van der Waals surface area contributed by atoms with Crippen LogP contribution < -0.4 is 0 Å². The highest BCUT2D eigenvalue weighted by molar-refractivity contribution is 5.97. The van der Waals surface area contributed by atoms with Crippen LogP contribution >= 0.6 is 0 Å². The summed E-state index contributed by atoms with van der Waals surface area (Å²) >= 11 is 0. The summed E-state index contributed by atoms with van der Waals surface area (Å²) in [5.41, 5.74) is 2.46. The lowest BCUT2D eigenvalue weighted by Crippen LogP contribution is -2.33. The molecule has 0 fully saturated rings. The Balaban J connectivity index is 2.12. The summed E-state index contributed by atoms with van der Waals surface area (Å²) in [5, 5.41) is 0. The highest BCUT2D eigenvalue weighted by Gasteiger charge is 2.24. The van der Waals surface area contributed by atoms with Crippen molar-refractivity contribution in [3.63, 3.8) is 0 Å². The molecule has 0 aliphatic carbocycles. The summed E-state index contributed by atoms with van der Waals surface area (Å²) in [7, 11) is 1.80. The Morgan fingerprint density at radius 2 is 1.60 bits per heavy atom. The van der Waals surface area contributed by atoms with Crippen LogP contribution in [0.3, 0.4) is 0 Å². The van der Waals surface area contributed by atoms with Gasteiger partial charge in [-0.25, -0.2) is 0 Å². The van der Waals surface area contributed by atoms with E-state index in [1.165, 1.54) is 0 Å². The first kappa shape index (κ1) is 18.8. The molecule has 0 spiro atoms. The molecule has 0 N–H and O–H groups in total. The molecule has 0 saturated heterocycles. The van der Waals surface area contributed by atoms with Crippen molar-refractivity contribution >= 4 is 11.7 Å². The molecule has 4 nitrogen and oxygen atoms in total. The van der Waals surface area contributed by atoms with Crippen LogP contribution in [0.25, 0.3) is 0 Å². The molecule has 1 aromatic carbocycles. The van der Waals surface area contributed by atoms with E-state index >= 15 is 0 Å². The van der Waals surface area contributed by atoms with Gasteiger partial charge in [-0.15, -0.1) is 0 Å². The second-order valence-electron chi connectivity index (χ2n) is 6.74. The molecular weight excluding hydrogens is 312 g/mol. The number of carbonyl (C=O) groups is 2. The standard InChI is InChI=1S/C21H26N2O2/c1-14(2)20(24)18-11-9-17(10-12-18)15(3)21(25)23(5)16(4)19-8-6-7-13-22-19/h6-16H,1-5H3/t15-,16+/m1/s1. The van der Waals surface area contributed by atoms with Crippen LogP contribution in [-0.2, 0) is 4.79 Å². The lowest BCUT2D eigenvalue weighted by atomic mass is 9.95. The number of hydrogen-bond acceptors (Lipinski definition) is 3. The van der Waals surface area contributed by atoms with Crippen LogP contribution in [0.15, 0.2) is 48.7 Å². The van der Waals surface area contributed by atoms with Gasteiger partial charge in [0.1, 0.15) is 0 Å². The van der Waals surface area contributed by atoms with Crippen molar-refractivity contribution in [2.75, 3.05) is 7.05 Å². The number of rotatable bonds is 6. The fourth-order valence-electron chi connectivity index (χ4n) is 2.73. The van der Waals surface area contributed by atoms with Gasteiger partial charge in [-0.05, 0) is 31.5 Å². The zero-order valence-corrected chi connectivity index (χ0v) is 15.6. The normalized spacial score (nSPS) is 13.4. The second-order valence-corrected chi connectivity index (χ2v) is 6.74. The van der Waals surface area contributed by atoms with Gasteiger partial charge in [-0.1, -0.05) is 44.2 Å². The molecule has 2 rings (SSSR count). The van der Waals surface area contributed by atoms with Crippen LogP contribution in [0.5, 0.6) is 0 Å². The summed E-state index contributed by atoms with van der Waals surface area (Å²) in [5.74, 6) is -0.165. The lowest BCUT2D eigenvalue weighted by Gasteiger charge is -2.27. The molecule has 1 heterocycles. The molecular formula is C21H26N2O2. The van der Waals surface area contributed by atoms with E-state index in [1.54, 1.807) is 18.1 Å². The number of aromatic nitrogens is 1. The number of Topliss-reactive ketones (excluding diaryl/α,β-unsaturated/α-hetero) is 1. The predicted molar refractivity (Wildman–Crippen MR) is 99.4 cm³/mol. The van der Waals surface area contributed by atoms with Crippen molar-refractivity contribution in [2.24, 2.45) is 5.92 Å². The first-order valence-electron chi connectivity index (χ1n) is 8.64. The molecule has 25 heavy (non-hydrogen) atoms. The zero-order valence-electron chi connectivity index (χ0n) is 15.6. The SMILES string of the molecule is CC(C)C(=O)c1ccc([C@@H](C)C(=O)N(C)[C@@H](C)c2ccccn2)cc1. The van der Waals surface area contributed by atoms with Gasteiger partial charge in [-0.3, -0.25) is 14.6 Å². The number of nitrogens with zero attached hydrogens (tertiary/aromatic N) is 2. The van der Waals surface area contributed by atoms with Gasteiger partial charge in [0.25, 0.3) is 0 Å². The molecule has 2 atom stereocenters. The fourth-order valence-corrected chi connectivity index (χ4v) is 2.73. The monoisotopic (exact) mass is 338 g/mol. The summed E-state index contributed by atoms with van der Waals surface area (Å²) in [6.45, 7) is 7.63. The van der Waals surface area contributed by atoms with Crippen molar-refractivity contribution in [3.8, 4) is 0 Å². The molecule has 132 valence electrons. The fraction of sp³-hybridized carbons (Fsp3) is 0.381. The summed E-state index contributed by atoms with van der Waals surface area (Å²) < 4.78 is 0. The highest BCUT2D eigenvalue weighted by atomic mass is 16.2. The minimum absolute atomic E-state index is 0.0288. The lowest BCUT2D eigenvalue weighted by molar-refractivity contribution is -0.133. The Hall–Kier alpha value is -2.49. The molecule has 2 aromatic rings.